The van der Waals surface area contributed by atoms with Crippen LogP contribution in [0.2, 0.25) is 0 Å². The van der Waals surface area contributed by atoms with Crippen molar-refractivity contribution >= 4 is 22.4 Å². The van der Waals surface area contributed by atoms with E-state index in [2.05, 4.69) is 22.4 Å². The van der Waals surface area contributed by atoms with Crippen LogP contribution in [0.3, 0.4) is 0 Å². The molecule has 0 saturated heterocycles. The third kappa shape index (κ3) is 4.61. The number of aryl methyl sites for hydroxylation is 1. The summed E-state index contributed by atoms with van der Waals surface area (Å²) in [5.74, 6) is -0.266. The summed E-state index contributed by atoms with van der Waals surface area (Å²) in [6, 6.07) is 8.58. The Bertz CT molecular complexity index is 570. The molecule has 0 saturated carbocycles. The van der Waals surface area contributed by atoms with Gasteiger partial charge in [0.25, 0.3) is 0 Å². The van der Waals surface area contributed by atoms with Crippen molar-refractivity contribution in [2.75, 3.05) is 5.32 Å². The van der Waals surface area contributed by atoms with Crippen molar-refractivity contribution in [2.45, 2.75) is 38.6 Å². The maximum atomic E-state index is 12.1. The minimum atomic E-state index is -0.696. The third-order valence-electron chi connectivity index (χ3n) is 3.13. The normalized spacial score (nSPS) is 12.1. The van der Waals surface area contributed by atoms with Gasteiger partial charge in [0.15, 0.2) is 0 Å². The number of carbonyl (C=O) groups is 1. The highest BCUT2D eigenvalue weighted by Crippen LogP contribution is 2.19. The SMILES string of the molecule is CCCCCc1nnc(NC(=O)[C@@H](N)c2ccccc2)s1. The number of benzene rings is 1. The minimum Gasteiger partial charge on any atom is -0.316 e. The summed E-state index contributed by atoms with van der Waals surface area (Å²) in [4.78, 5) is 12.1. The number of nitrogens with two attached hydrogens (primary N) is 1. The van der Waals surface area contributed by atoms with Crippen molar-refractivity contribution in [3.05, 3.63) is 40.9 Å². The molecule has 21 heavy (non-hydrogen) atoms. The zero-order chi connectivity index (χ0) is 15.1. The molecule has 0 spiro atoms. The molecule has 0 bridgehead atoms. The van der Waals surface area contributed by atoms with E-state index in [9.17, 15) is 4.79 Å². The second-order valence-corrected chi connectivity index (χ2v) is 5.90. The van der Waals surface area contributed by atoms with Gasteiger partial charge in [-0.3, -0.25) is 10.1 Å². The Morgan fingerprint density at radius 1 is 1.29 bits per heavy atom. The summed E-state index contributed by atoms with van der Waals surface area (Å²) in [6.45, 7) is 2.16. The van der Waals surface area contributed by atoms with E-state index in [1.807, 2.05) is 30.3 Å². The zero-order valence-electron chi connectivity index (χ0n) is 12.1. The van der Waals surface area contributed by atoms with Crippen LogP contribution >= 0.6 is 11.3 Å². The zero-order valence-corrected chi connectivity index (χ0v) is 12.9. The van der Waals surface area contributed by atoms with Gasteiger partial charge in [0.1, 0.15) is 11.0 Å². The molecule has 2 aromatic rings. The van der Waals surface area contributed by atoms with Crippen LogP contribution in [0.4, 0.5) is 5.13 Å². The average Bonchev–Trinajstić information content (AvgIpc) is 2.95. The van der Waals surface area contributed by atoms with E-state index in [0.29, 0.717) is 5.13 Å². The van der Waals surface area contributed by atoms with Gasteiger partial charge < -0.3 is 5.73 Å². The molecule has 0 unspecified atom stereocenters. The highest BCUT2D eigenvalue weighted by atomic mass is 32.1. The van der Waals surface area contributed by atoms with Crippen LogP contribution in [-0.4, -0.2) is 16.1 Å². The first-order valence-electron chi connectivity index (χ1n) is 7.14. The van der Waals surface area contributed by atoms with Gasteiger partial charge in [0.2, 0.25) is 11.0 Å². The molecule has 0 radical (unpaired) electrons. The molecule has 5 nitrogen and oxygen atoms in total. The van der Waals surface area contributed by atoms with E-state index < -0.39 is 6.04 Å². The van der Waals surface area contributed by atoms with E-state index in [1.165, 1.54) is 24.2 Å². The lowest BCUT2D eigenvalue weighted by Crippen LogP contribution is -2.27. The molecular weight excluding hydrogens is 284 g/mol. The largest absolute Gasteiger partial charge is 0.316 e. The maximum absolute atomic E-state index is 12.1. The fourth-order valence-corrected chi connectivity index (χ4v) is 2.71. The van der Waals surface area contributed by atoms with E-state index in [-0.39, 0.29) is 5.91 Å². The number of aromatic nitrogens is 2. The molecule has 0 aliphatic heterocycles. The highest BCUT2D eigenvalue weighted by Gasteiger charge is 2.17. The number of hydrogen-bond acceptors (Lipinski definition) is 5. The number of anilines is 1. The summed E-state index contributed by atoms with van der Waals surface area (Å²) < 4.78 is 0. The van der Waals surface area contributed by atoms with Crippen LogP contribution in [0.15, 0.2) is 30.3 Å². The van der Waals surface area contributed by atoms with Gasteiger partial charge in [0.05, 0.1) is 0 Å². The first-order chi connectivity index (χ1) is 10.2. The highest BCUT2D eigenvalue weighted by molar-refractivity contribution is 7.15. The second-order valence-electron chi connectivity index (χ2n) is 4.84. The van der Waals surface area contributed by atoms with Crippen molar-refractivity contribution in [3.8, 4) is 0 Å². The summed E-state index contributed by atoms with van der Waals surface area (Å²) in [6.07, 6.45) is 4.36. The molecule has 0 aliphatic carbocycles. The predicted octanol–water partition coefficient (Wildman–Crippen LogP) is 2.91. The lowest BCUT2D eigenvalue weighted by atomic mass is 10.1. The van der Waals surface area contributed by atoms with Crippen molar-refractivity contribution in [3.63, 3.8) is 0 Å². The maximum Gasteiger partial charge on any atom is 0.247 e. The molecule has 1 amide bonds. The van der Waals surface area contributed by atoms with Gasteiger partial charge in [-0.25, -0.2) is 0 Å². The molecule has 112 valence electrons. The average molecular weight is 304 g/mol. The molecular formula is C15H20N4OS. The van der Waals surface area contributed by atoms with Gasteiger partial charge >= 0.3 is 0 Å². The van der Waals surface area contributed by atoms with Crippen molar-refractivity contribution < 1.29 is 4.79 Å². The van der Waals surface area contributed by atoms with Crippen molar-refractivity contribution in [1.82, 2.24) is 10.2 Å². The molecule has 1 aromatic heterocycles. The lowest BCUT2D eigenvalue weighted by Gasteiger charge is -2.10. The Kier molecular flexibility index (Phi) is 5.83. The van der Waals surface area contributed by atoms with E-state index >= 15 is 0 Å². The Labute approximate surface area is 128 Å². The third-order valence-corrected chi connectivity index (χ3v) is 4.03. The topological polar surface area (TPSA) is 80.9 Å². The standard InChI is InChI=1S/C15H20N4OS/c1-2-3-5-10-12-18-19-15(21-12)17-14(20)13(16)11-8-6-4-7-9-11/h4,6-9,13H,2-3,5,10,16H2,1H3,(H,17,19,20)/t13-/m0/s1. The first-order valence-corrected chi connectivity index (χ1v) is 7.96. The number of nitrogens with zero attached hydrogens (tertiary/aromatic N) is 2. The smallest absolute Gasteiger partial charge is 0.247 e. The quantitative estimate of drug-likeness (QED) is 0.771. The number of hydrogen-bond donors (Lipinski definition) is 2. The van der Waals surface area contributed by atoms with Crippen LogP contribution in [0, 0.1) is 0 Å². The fourth-order valence-electron chi connectivity index (χ4n) is 1.93. The minimum absolute atomic E-state index is 0.266. The van der Waals surface area contributed by atoms with E-state index in [1.54, 1.807) is 0 Å². The molecule has 0 fully saturated rings. The van der Waals surface area contributed by atoms with E-state index in [0.717, 1.165) is 23.4 Å². The number of unbranched alkanes of at least 4 members (excludes halogenated alkanes) is 2. The first kappa shape index (κ1) is 15.6. The van der Waals surface area contributed by atoms with Crippen LogP contribution in [0.1, 0.15) is 42.8 Å². The molecule has 6 heteroatoms. The van der Waals surface area contributed by atoms with Crippen LogP contribution in [0.25, 0.3) is 0 Å². The Hall–Kier alpha value is -1.79. The number of rotatable bonds is 7. The van der Waals surface area contributed by atoms with Crippen molar-refractivity contribution in [1.29, 1.82) is 0 Å². The summed E-state index contributed by atoms with van der Waals surface area (Å²) in [5, 5.41) is 12.3. The number of carbonyl (C=O) groups excluding carboxylic acids is 1. The predicted molar refractivity (Wildman–Crippen MR) is 85.1 cm³/mol. The Balaban J connectivity index is 1.90. The second kappa shape index (κ2) is 7.85. The van der Waals surface area contributed by atoms with Crippen LogP contribution < -0.4 is 11.1 Å². The van der Waals surface area contributed by atoms with Gasteiger partial charge in [0, 0.05) is 6.42 Å². The van der Waals surface area contributed by atoms with E-state index in [4.69, 9.17) is 5.73 Å². The monoisotopic (exact) mass is 304 g/mol. The lowest BCUT2D eigenvalue weighted by molar-refractivity contribution is -0.117. The van der Waals surface area contributed by atoms with Gasteiger partial charge in [-0.05, 0) is 12.0 Å². The molecule has 2 rings (SSSR count). The number of nitrogens with one attached hydrogen (secondary N) is 1. The molecule has 1 heterocycles. The fraction of sp³-hybridized carbons (Fsp3) is 0.400. The molecule has 3 N–H and O–H groups in total. The number of amides is 1. The van der Waals surface area contributed by atoms with Gasteiger partial charge in [-0.1, -0.05) is 61.4 Å². The van der Waals surface area contributed by atoms with Crippen molar-refractivity contribution in [2.24, 2.45) is 5.73 Å². The molecule has 1 atom stereocenters. The Morgan fingerprint density at radius 2 is 2.05 bits per heavy atom. The summed E-state index contributed by atoms with van der Waals surface area (Å²) in [5.41, 5.74) is 6.72. The summed E-state index contributed by atoms with van der Waals surface area (Å²) >= 11 is 1.41. The van der Waals surface area contributed by atoms with Crippen LogP contribution in [0.5, 0.6) is 0 Å². The Morgan fingerprint density at radius 3 is 2.76 bits per heavy atom. The molecule has 1 aromatic carbocycles. The van der Waals surface area contributed by atoms with Gasteiger partial charge in [-0.15, -0.1) is 10.2 Å². The van der Waals surface area contributed by atoms with Crippen LogP contribution in [-0.2, 0) is 11.2 Å². The summed E-state index contributed by atoms with van der Waals surface area (Å²) in [7, 11) is 0. The molecule has 0 aliphatic rings. The van der Waals surface area contributed by atoms with Gasteiger partial charge in [-0.2, -0.15) is 0 Å².